The highest BCUT2D eigenvalue weighted by Gasteiger charge is 2.29. The Bertz CT molecular complexity index is 948. The van der Waals surface area contributed by atoms with Gasteiger partial charge >= 0.3 is 0 Å². The van der Waals surface area contributed by atoms with Crippen LogP contribution in [0.25, 0.3) is 11.4 Å². The maximum absolute atomic E-state index is 13.4. The number of likely N-dealkylation sites (tertiary alicyclic amines) is 1. The molecule has 4 rings (SSSR count). The van der Waals surface area contributed by atoms with Gasteiger partial charge in [0.1, 0.15) is 5.82 Å². The number of imidazole rings is 1. The van der Waals surface area contributed by atoms with Crippen LogP contribution in [0, 0.1) is 0 Å². The normalized spacial score (nSPS) is 17.1. The van der Waals surface area contributed by atoms with Gasteiger partial charge in [-0.1, -0.05) is 18.2 Å². The average molecular weight is 374 g/mol. The lowest BCUT2D eigenvalue weighted by atomic mass is 9.95. The first-order valence-electron chi connectivity index (χ1n) is 9.99. The van der Waals surface area contributed by atoms with E-state index in [2.05, 4.69) is 34.4 Å². The monoisotopic (exact) mass is 374 g/mol. The summed E-state index contributed by atoms with van der Waals surface area (Å²) in [4.78, 5) is 24.2. The highest BCUT2D eigenvalue weighted by Crippen LogP contribution is 2.32. The lowest BCUT2D eigenvalue weighted by Gasteiger charge is -2.36. The summed E-state index contributed by atoms with van der Waals surface area (Å²) in [6.45, 7) is 5.04. The molecule has 5 nitrogen and oxygen atoms in total. The van der Waals surface area contributed by atoms with Crippen molar-refractivity contribution < 1.29 is 4.79 Å². The average Bonchev–Trinajstić information content (AvgIpc) is 3.24. The molecule has 1 aliphatic heterocycles. The second-order valence-corrected chi connectivity index (χ2v) is 7.63. The maximum Gasteiger partial charge on any atom is 0.254 e. The van der Waals surface area contributed by atoms with E-state index in [0.717, 1.165) is 42.8 Å². The molecule has 1 fully saturated rings. The summed E-state index contributed by atoms with van der Waals surface area (Å²) in [6, 6.07) is 12.3. The second kappa shape index (κ2) is 7.97. The van der Waals surface area contributed by atoms with Crippen LogP contribution in [-0.2, 0) is 0 Å². The molecule has 0 spiro atoms. The molecule has 1 amide bonds. The van der Waals surface area contributed by atoms with Crippen molar-refractivity contribution in [3.8, 4) is 11.4 Å². The van der Waals surface area contributed by atoms with Crippen molar-refractivity contribution in [2.75, 3.05) is 6.54 Å². The van der Waals surface area contributed by atoms with Gasteiger partial charge < -0.3 is 9.47 Å². The van der Waals surface area contributed by atoms with E-state index in [4.69, 9.17) is 0 Å². The topological polar surface area (TPSA) is 51.0 Å². The Kier molecular flexibility index (Phi) is 5.24. The van der Waals surface area contributed by atoms with E-state index < -0.39 is 0 Å². The predicted octanol–water partition coefficient (Wildman–Crippen LogP) is 4.89. The number of hydrogen-bond acceptors (Lipinski definition) is 3. The fraction of sp³-hybridized carbons (Fsp3) is 0.348. The van der Waals surface area contributed by atoms with E-state index in [1.807, 2.05) is 53.8 Å². The van der Waals surface area contributed by atoms with Crippen molar-refractivity contribution in [1.29, 1.82) is 0 Å². The minimum absolute atomic E-state index is 0.0815. The second-order valence-electron chi connectivity index (χ2n) is 7.63. The van der Waals surface area contributed by atoms with Gasteiger partial charge in [-0.25, -0.2) is 4.98 Å². The number of rotatable bonds is 4. The van der Waals surface area contributed by atoms with Gasteiger partial charge in [0.15, 0.2) is 0 Å². The first-order chi connectivity index (χ1) is 13.6. The van der Waals surface area contributed by atoms with Crippen LogP contribution in [0.2, 0.25) is 0 Å². The number of hydrogen-bond donors (Lipinski definition) is 0. The molecule has 1 aromatic carbocycles. The fourth-order valence-corrected chi connectivity index (χ4v) is 4.00. The number of benzene rings is 1. The zero-order valence-corrected chi connectivity index (χ0v) is 16.5. The van der Waals surface area contributed by atoms with E-state index in [9.17, 15) is 4.79 Å². The van der Waals surface area contributed by atoms with Crippen LogP contribution in [-0.4, -0.2) is 31.9 Å². The molecule has 0 N–H and O–H groups in total. The van der Waals surface area contributed by atoms with Crippen molar-refractivity contribution in [2.24, 2.45) is 0 Å². The molecule has 28 heavy (non-hydrogen) atoms. The lowest BCUT2D eigenvalue weighted by Crippen LogP contribution is -2.38. The number of pyridine rings is 1. The number of amides is 1. The molecule has 5 heteroatoms. The Balaban J connectivity index is 1.65. The van der Waals surface area contributed by atoms with Crippen molar-refractivity contribution in [2.45, 2.75) is 45.2 Å². The third kappa shape index (κ3) is 3.57. The van der Waals surface area contributed by atoms with E-state index in [1.165, 1.54) is 0 Å². The number of piperidine rings is 1. The molecule has 0 aliphatic carbocycles. The number of nitrogens with zero attached hydrogens (tertiary/aromatic N) is 4. The van der Waals surface area contributed by atoms with Crippen LogP contribution in [0.1, 0.15) is 61.1 Å². The molecule has 1 aliphatic rings. The third-order valence-corrected chi connectivity index (χ3v) is 5.43. The van der Waals surface area contributed by atoms with Gasteiger partial charge in [0.2, 0.25) is 0 Å². The molecule has 144 valence electrons. The van der Waals surface area contributed by atoms with E-state index >= 15 is 0 Å². The van der Waals surface area contributed by atoms with Crippen molar-refractivity contribution in [3.63, 3.8) is 0 Å². The maximum atomic E-state index is 13.4. The Hall–Kier alpha value is -2.95. The number of carbonyl (C=O) groups excluding carboxylic acids is 1. The summed E-state index contributed by atoms with van der Waals surface area (Å²) in [5, 5.41) is 0. The Labute approximate surface area is 166 Å². The number of carbonyl (C=O) groups is 1. The molecule has 0 radical (unpaired) electrons. The zero-order valence-electron chi connectivity index (χ0n) is 16.5. The van der Waals surface area contributed by atoms with E-state index in [0.29, 0.717) is 11.6 Å². The first kappa shape index (κ1) is 18.4. The largest absolute Gasteiger partial charge is 0.332 e. The minimum atomic E-state index is 0.0815. The van der Waals surface area contributed by atoms with Crippen LogP contribution in [0.3, 0.4) is 0 Å². The van der Waals surface area contributed by atoms with Gasteiger partial charge in [-0.3, -0.25) is 9.78 Å². The summed E-state index contributed by atoms with van der Waals surface area (Å²) in [5.74, 6) is 0.977. The standard InChI is InChI=1S/C23H26N4O/c1-17(2)26-14-12-25-22(26)18-7-5-8-19(15-18)23(28)27-13-4-3-10-21(27)20-9-6-11-24-16-20/h5-9,11-12,14-17,21H,3-4,10,13H2,1-2H3/t21-/m0/s1. The van der Waals surface area contributed by atoms with Gasteiger partial charge in [0, 0.05) is 48.5 Å². The van der Waals surface area contributed by atoms with E-state index in [1.54, 1.807) is 6.20 Å². The molecule has 1 saturated heterocycles. The first-order valence-corrected chi connectivity index (χ1v) is 9.99. The summed E-state index contributed by atoms with van der Waals surface area (Å²) < 4.78 is 2.13. The molecule has 3 heterocycles. The molecular weight excluding hydrogens is 348 g/mol. The summed E-state index contributed by atoms with van der Waals surface area (Å²) in [5.41, 5.74) is 2.80. The highest BCUT2D eigenvalue weighted by atomic mass is 16.2. The third-order valence-electron chi connectivity index (χ3n) is 5.43. The van der Waals surface area contributed by atoms with Crippen LogP contribution in [0.15, 0.2) is 61.2 Å². The summed E-state index contributed by atoms with van der Waals surface area (Å²) in [6.07, 6.45) is 10.6. The SMILES string of the molecule is CC(C)n1ccnc1-c1cccc(C(=O)N2CCCC[C@H]2c2cccnc2)c1. The van der Waals surface area contributed by atoms with Crippen LogP contribution >= 0.6 is 0 Å². The van der Waals surface area contributed by atoms with Crippen molar-refractivity contribution >= 4 is 5.91 Å². The van der Waals surface area contributed by atoms with Crippen LogP contribution < -0.4 is 0 Å². The van der Waals surface area contributed by atoms with Gasteiger partial charge in [-0.05, 0) is 56.9 Å². The molecule has 0 bridgehead atoms. The summed E-state index contributed by atoms with van der Waals surface area (Å²) in [7, 11) is 0. The minimum Gasteiger partial charge on any atom is -0.332 e. The van der Waals surface area contributed by atoms with Gasteiger partial charge in [-0.2, -0.15) is 0 Å². The van der Waals surface area contributed by atoms with E-state index in [-0.39, 0.29) is 11.9 Å². The predicted molar refractivity (Wildman–Crippen MR) is 110 cm³/mol. The Morgan fingerprint density at radius 1 is 1.14 bits per heavy atom. The molecule has 0 unspecified atom stereocenters. The van der Waals surface area contributed by atoms with Crippen molar-refractivity contribution in [3.05, 3.63) is 72.3 Å². The number of aromatic nitrogens is 3. The smallest absolute Gasteiger partial charge is 0.254 e. The highest BCUT2D eigenvalue weighted by molar-refractivity contribution is 5.95. The molecular formula is C23H26N4O. The summed E-state index contributed by atoms with van der Waals surface area (Å²) >= 11 is 0. The van der Waals surface area contributed by atoms with Gasteiger partial charge in [0.25, 0.3) is 5.91 Å². The lowest BCUT2D eigenvalue weighted by molar-refractivity contribution is 0.0611. The van der Waals surface area contributed by atoms with Crippen LogP contribution in [0.4, 0.5) is 0 Å². The zero-order chi connectivity index (χ0) is 19.5. The van der Waals surface area contributed by atoms with Gasteiger partial charge in [0.05, 0.1) is 6.04 Å². The molecule has 2 aromatic heterocycles. The Morgan fingerprint density at radius 2 is 2.04 bits per heavy atom. The van der Waals surface area contributed by atoms with Crippen LogP contribution in [0.5, 0.6) is 0 Å². The molecule has 3 aromatic rings. The molecule has 1 atom stereocenters. The quantitative estimate of drug-likeness (QED) is 0.653. The van der Waals surface area contributed by atoms with Crippen molar-refractivity contribution in [1.82, 2.24) is 19.4 Å². The fourth-order valence-electron chi connectivity index (χ4n) is 4.00. The Morgan fingerprint density at radius 3 is 2.82 bits per heavy atom. The van der Waals surface area contributed by atoms with Gasteiger partial charge in [-0.15, -0.1) is 0 Å². The molecule has 0 saturated carbocycles.